The molecule has 106 valence electrons. The Morgan fingerprint density at radius 3 is 2.95 bits per heavy atom. The van der Waals surface area contributed by atoms with Crippen LogP contribution in [-0.4, -0.2) is 53.5 Å². The number of esters is 1. The van der Waals surface area contributed by atoms with Gasteiger partial charge in [0.05, 0.1) is 13.0 Å². The van der Waals surface area contributed by atoms with E-state index < -0.39 is 18.1 Å². The number of carbonyl (C=O) groups excluding carboxylic acids is 3. The van der Waals surface area contributed by atoms with E-state index >= 15 is 0 Å². The van der Waals surface area contributed by atoms with Crippen LogP contribution in [0.5, 0.6) is 0 Å². The van der Waals surface area contributed by atoms with E-state index in [1.807, 2.05) is 0 Å². The lowest BCUT2D eigenvalue weighted by molar-refractivity contribution is -0.151. The summed E-state index contributed by atoms with van der Waals surface area (Å²) in [4.78, 5) is 37.1. The topological polar surface area (TPSA) is 75.7 Å². The molecule has 2 atom stereocenters. The fraction of sp³-hybridized carbons (Fsp3) is 0.750. The van der Waals surface area contributed by atoms with E-state index in [4.69, 9.17) is 4.74 Å². The van der Waals surface area contributed by atoms with Crippen molar-refractivity contribution in [3.8, 4) is 0 Å². The van der Waals surface area contributed by atoms with Crippen LogP contribution < -0.4 is 5.32 Å². The zero-order valence-electron chi connectivity index (χ0n) is 10.9. The number of thioether (sulfide) groups is 1. The van der Waals surface area contributed by atoms with Crippen molar-refractivity contribution in [2.45, 2.75) is 37.8 Å². The maximum absolute atomic E-state index is 12.4. The SMILES string of the molecule is COC(=O)[C@H]1CSCN1C(=O)[C@H]1CCCCC(=O)N1. The van der Waals surface area contributed by atoms with Gasteiger partial charge in [-0.1, -0.05) is 6.42 Å². The van der Waals surface area contributed by atoms with Gasteiger partial charge in [0, 0.05) is 12.2 Å². The summed E-state index contributed by atoms with van der Waals surface area (Å²) in [6, 6.07) is -1.02. The number of carbonyl (C=O) groups is 3. The lowest BCUT2D eigenvalue weighted by Crippen LogP contribution is -2.51. The van der Waals surface area contributed by atoms with E-state index in [1.54, 1.807) is 0 Å². The molecule has 2 amide bonds. The lowest BCUT2D eigenvalue weighted by atomic mass is 10.1. The lowest BCUT2D eigenvalue weighted by Gasteiger charge is -2.26. The third kappa shape index (κ3) is 3.20. The first kappa shape index (κ1) is 14.2. The van der Waals surface area contributed by atoms with E-state index in [0.29, 0.717) is 24.5 Å². The minimum absolute atomic E-state index is 0.0858. The Kier molecular flexibility index (Phi) is 4.68. The Balaban J connectivity index is 2.05. The van der Waals surface area contributed by atoms with Crippen molar-refractivity contribution in [1.29, 1.82) is 0 Å². The van der Waals surface area contributed by atoms with Crippen molar-refractivity contribution in [3.05, 3.63) is 0 Å². The number of nitrogens with zero attached hydrogens (tertiary/aromatic N) is 1. The van der Waals surface area contributed by atoms with Gasteiger partial charge in [-0.05, 0) is 12.8 Å². The quantitative estimate of drug-likeness (QED) is 0.730. The molecular formula is C12H18N2O4S. The van der Waals surface area contributed by atoms with Gasteiger partial charge in [0.15, 0.2) is 0 Å². The molecule has 0 saturated carbocycles. The molecule has 7 heteroatoms. The number of hydrogen-bond acceptors (Lipinski definition) is 5. The highest BCUT2D eigenvalue weighted by Gasteiger charge is 2.38. The molecule has 0 bridgehead atoms. The first-order valence-corrected chi connectivity index (χ1v) is 7.54. The molecule has 0 unspecified atom stereocenters. The number of methoxy groups -OCH3 is 1. The Labute approximate surface area is 116 Å². The summed E-state index contributed by atoms with van der Waals surface area (Å²) in [5, 5.41) is 2.74. The molecule has 1 N–H and O–H groups in total. The first-order valence-electron chi connectivity index (χ1n) is 6.39. The molecule has 0 spiro atoms. The highest BCUT2D eigenvalue weighted by Crippen LogP contribution is 2.24. The number of nitrogens with one attached hydrogen (secondary N) is 1. The van der Waals surface area contributed by atoms with Crippen LogP contribution >= 0.6 is 11.8 Å². The molecule has 6 nitrogen and oxygen atoms in total. The number of hydrogen-bond donors (Lipinski definition) is 1. The van der Waals surface area contributed by atoms with Crippen molar-refractivity contribution >= 4 is 29.5 Å². The number of amides is 2. The summed E-state index contributed by atoms with van der Waals surface area (Å²) in [6.07, 6.45) is 2.77. The summed E-state index contributed by atoms with van der Waals surface area (Å²) in [6.45, 7) is 0. The zero-order valence-corrected chi connectivity index (χ0v) is 11.7. The largest absolute Gasteiger partial charge is 0.467 e. The van der Waals surface area contributed by atoms with Crippen LogP contribution in [0.1, 0.15) is 25.7 Å². The smallest absolute Gasteiger partial charge is 0.329 e. The average molecular weight is 286 g/mol. The highest BCUT2D eigenvalue weighted by molar-refractivity contribution is 7.99. The molecule has 0 aromatic heterocycles. The second kappa shape index (κ2) is 6.27. The Morgan fingerprint density at radius 2 is 2.21 bits per heavy atom. The number of ether oxygens (including phenoxy) is 1. The highest BCUT2D eigenvalue weighted by atomic mass is 32.2. The summed E-state index contributed by atoms with van der Waals surface area (Å²) >= 11 is 1.52. The first-order chi connectivity index (χ1) is 9.13. The van der Waals surface area contributed by atoms with Gasteiger partial charge in [-0.15, -0.1) is 11.8 Å². The summed E-state index contributed by atoms with van der Waals surface area (Å²) < 4.78 is 4.71. The van der Waals surface area contributed by atoms with E-state index in [1.165, 1.54) is 23.8 Å². The maximum atomic E-state index is 12.4. The van der Waals surface area contributed by atoms with Crippen molar-refractivity contribution in [3.63, 3.8) is 0 Å². The van der Waals surface area contributed by atoms with Crippen LogP contribution in [-0.2, 0) is 19.1 Å². The van der Waals surface area contributed by atoms with E-state index in [-0.39, 0.29) is 11.8 Å². The Bertz CT molecular complexity index is 388. The molecule has 19 heavy (non-hydrogen) atoms. The van der Waals surface area contributed by atoms with Crippen molar-refractivity contribution in [2.75, 3.05) is 18.7 Å². The van der Waals surface area contributed by atoms with Gasteiger partial charge in [-0.3, -0.25) is 9.59 Å². The van der Waals surface area contributed by atoms with Crippen LogP contribution in [0.3, 0.4) is 0 Å². The normalized spacial score (nSPS) is 27.6. The third-order valence-corrected chi connectivity index (χ3v) is 4.43. The average Bonchev–Trinajstić information content (AvgIpc) is 2.79. The third-order valence-electron chi connectivity index (χ3n) is 3.42. The molecule has 2 fully saturated rings. The molecule has 2 aliphatic heterocycles. The molecule has 2 heterocycles. The van der Waals surface area contributed by atoms with Gasteiger partial charge in [-0.2, -0.15) is 0 Å². The summed E-state index contributed by atoms with van der Waals surface area (Å²) in [5.41, 5.74) is 0. The van der Waals surface area contributed by atoms with Crippen LogP contribution in [0.2, 0.25) is 0 Å². The van der Waals surface area contributed by atoms with Gasteiger partial charge in [0.25, 0.3) is 0 Å². The molecular weight excluding hydrogens is 268 g/mol. The van der Waals surface area contributed by atoms with Gasteiger partial charge < -0.3 is 15.0 Å². The van der Waals surface area contributed by atoms with E-state index in [0.717, 1.165) is 12.8 Å². The van der Waals surface area contributed by atoms with Crippen molar-refractivity contribution in [1.82, 2.24) is 10.2 Å². The Hall–Kier alpha value is -1.24. The van der Waals surface area contributed by atoms with Crippen LogP contribution in [0.15, 0.2) is 0 Å². The predicted octanol–water partition coefficient (Wildman–Crippen LogP) is 0.120. The predicted molar refractivity (Wildman–Crippen MR) is 70.4 cm³/mol. The summed E-state index contributed by atoms with van der Waals surface area (Å²) in [5.74, 6) is 0.385. The second-order valence-corrected chi connectivity index (χ2v) is 5.71. The van der Waals surface area contributed by atoms with Gasteiger partial charge in [0.1, 0.15) is 12.1 Å². The number of rotatable bonds is 2. The maximum Gasteiger partial charge on any atom is 0.329 e. The Morgan fingerprint density at radius 1 is 1.42 bits per heavy atom. The van der Waals surface area contributed by atoms with Gasteiger partial charge in [-0.25, -0.2) is 4.79 Å². The minimum Gasteiger partial charge on any atom is -0.467 e. The fourth-order valence-electron chi connectivity index (χ4n) is 2.35. The molecule has 0 aliphatic carbocycles. The van der Waals surface area contributed by atoms with E-state index in [2.05, 4.69) is 5.32 Å². The van der Waals surface area contributed by atoms with Gasteiger partial charge in [0.2, 0.25) is 11.8 Å². The standard InChI is InChI=1S/C12H18N2O4S/c1-18-12(17)9-6-19-7-14(9)11(16)8-4-2-3-5-10(15)13-8/h8-9H,2-7H2,1H3,(H,13,15)/t8-,9-/m1/s1. The van der Waals surface area contributed by atoms with Crippen LogP contribution in [0, 0.1) is 0 Å². The zero-order chi connectivity index (χ0) is 13.8. The van der Waals surface area contributed by atoms with Crippen molar-refractivity contribution in [2.24, 2.45) is 0 Å². The molecule has 2 aliphatic rings. The summed E-state index contributed by atoms with van der Waals surface area (Å²) in [7, 11) is 1.32. The fourth-order valence-corrected chi connectivity index (χ4v) is 3.50. The molecule has 0 aromatic rings. The molecule has 2 saturated heterocycles. The van der Waals surface area contributed by atoms with E-state index in [9.17, 15) is 14.4 Å². The molecule has 0 radical (unpaired) electrons. The van der Waals surface area contributed by atoms with Crippen molar-refractivity contribution < 1.29 is 19.1 Å². The van der Waals surface area contributed by atoms with Crippen LogP contribution in [0.4, 0.5) is 0 Å². The second-order valence-electron chi connectivity index (χ2n) is 4.71. The monoisotopic (exact) mass is 286 g/mol. The van der Waals surface area contributed by atoms with Crippen LogP contribution in [0.25, 0.3) is 0 Å². The van der Waals surface area contributed by atoms with Gasteiger partial charge >= 0.3 is 5.97 Å². The molecule has 0 aromatic carbocycles. The minimum atomic E-state index is -0.525. The molecule has 2 rings (SSSR count).